The number of thiocarbonyl (C=S) groups is 1. The number of anilines is 2. The van der Waals surface area contributed by atoms with Gasteiger partial charge in [-0.2, -0.15) is 0 Å². The van der Waals surface area contributed by atoms with E-state index in [1.165, 1.54) is 5.56 Å². The number of benzene rings is 1. The van der Waals surface area contributed by atoms with Gasteiger partial charge in [-0.3, -0.25) is 0 Å². The predicted molar refractivity (Wildman–Crippen MR) is 93.3 cm³/mol. The molecule has 0 atom stereocenters. The molecule has 0 bridgehead atoms. The first-order valence-electron chi connectivity index (χ1n) is 6.92. The lowest BCUT2D eigenvalue weighted by atomic mass is 9.87. The molecule has 0 saturated carbocycles. The molecule has 1 aromatic carbocycles. The highest BCUT2D eigenvalue weighted by molar-refractivity contribution is 7.80. The fourth-order valence-electron chi connectivity index (χ4n) is 2.04. The van der Waals surface area contributed by atoms with Crippen LogP contribution in [0.3, 0.4) is 0 Å². The third kappa shape index (κ3) is 3.79. The summed E-state index contributed by atoms with van der Waals surface area (Å²) in [6.45, 7) is 8.53. The summed E-state index contributed by atoms with van der Waals surface area (Å²) in [7, 11) is 0. The number of pyridine rings is 1. The van der Waals surface area contributed by atoms with Gasteiger partial charge >= 0.3 is 0 Å². The Balaban J connectivity index is 2.30. The topological polar surface area (TPSA) is 50.9 Å². The minimum absolute atomic E-state index is 0.143. The Morgan fingerprint density at radius 2 is 1.71 bits per heavy atom. The summed E-state index contributed by atoms with van der Waals surface area (Å²) in [5, 5.41) is 3.29. The molecule has 3 nitrogen and oxygen atoms in total. The largest absolute Gasteiger partial charge is 0.389 e. The number of nitrogens with zero attached hydrogens (tertiary/aromatic N) is 1. The fourth-order valence-corrected chi connectivity index (χ4v) is 2.21. The molecular formula is C17H21N3S. The molecule has 0 saturated heterocycles. The van der Waals surface area contributed by atoms with E-state index in [9.17, 15) is 0 Å². The van der Waals surface area contributed by atoms with Crippen LogP contribution in [0.2, 0.25) is 0 Å². The van der Waals surface area contributed by atoms with Crippen molar-refractivity contribution in [2.24, 2.45) is 5.73 Å². The Labute approximate surface area is 131 Å². The summed E-state index contributed by atoms with van der Waals surface area (Å²) in [4.78, 5) is 4.83. The monoisotopic (exact) mass is 299 g/mol. The normalized spacial score (nSPS) is 11.2. The highest BCUT2D eigenvalue weighted by Gasteiger charge is 2.13. The molecule has 3 N–H and O–H groups in total. The van der Waals surface area contributed by atoms with Gasteiger partial charge < -0.3 is 11.1 Å². The Morgan fingerprint density at radius 1 is 1.10 bits per heavy atom. The first-order valence-corrected chi connectivity index (χ1v) is 7.33. The third-order valence-corrected chi connectivity index (χ3v) is 3.53. The predicted octanol–water partition coefficient (Wildman–Crippen LogP) is 4.07. The Morgan fingerprint density at radius 3 is 2.24 bits per heavy atom. The SMILES string of the molecule is Cc1ccc(C(N)=S)c(Nc2ccc(C(C)(C)C)cc2)n1. The van der Waals surface area contributed by atoms with E-state index in [0.29, 0.717) is 10.8 Å². The van der Waals surface area contributed by atoms with Gasteiger partial charge in [0.2, 0.25) is 0 Å². The van der Waals surface area contributed by atoms with E-state index in [0.717, 1.165) is 16.9 Å². The van der Waals surface area contributed by atoms with Crippen molar-refractivity contribution in [3.8, 4) is 0 Å². The highest BCUT2D eigenvalue weighted by atomic mass is 32.1. The van der Waals surface area contributed by atoms with Gasteiger partial charge in [0.05, 0.1) is 5.56 Å². The molecule has 2 rings (SSSR count). The van der Waals surface area contributed by atoms with Crippen LogP contribution in [0.5, 0.6) is 0 Å². The maximum Gasteiger partial charge on any atom is 0.140 e. The van der Waals surface area contributed by atoms with E-state index in [1.54, 1.807) is 0 Å². The van der Waals surface area contributed by atoms with Crippen molar-refractivity contribution in [1.29, 1.82) is 0 Å². The average molecular weight is 299 g/mol. The quantitative estimate of drug-likeness (QED) is 0.839. The van der Waals surface area contributed by atoms with Crippen LogP contribution >= 0.6 is 12.2 Å². The molecule has 0 unspecified atom stereocenters. The Hall–Kier alpha value is -1.94. The van der Waals surface area contributed by atoms with Crippen molar-refractivity contribution in [2.45, 2.75) is 33.1 Å². The minimum atomic E-state index is 0.143. The maximum atomic E-state index is 5.75. The van der Waals surface area contributed by atoms with Crippen LogP contribution in [-0.2, 0) is 5.41 Å². The van der Waals surface area contributed by atoms with E-state index in [1.807, 2.05) is 31.2 Å². The second kappa shape index (κ2) is 5.82. The van der Waals surface area contributed by atoms with Crippen LogP contribution in [0.15, 0.2) is 36.4 Å². The van der Waals surface area contributed by atoms with Gasteiger partial charge in [0, 0.05) is 11.4 Å². The molecule has 0 amide bonds. The minimum Gasteiger partial charge on any atom is -0.389 e. The lowest BCUT2D eigenvalue weighted by Gasteiger charge is -2.19. The van der Waals surface area contributed by atoms with Crippen molar-refractivity contribution in [2.75, 3.05) is 5.32 Å². The van der Waals surface area contributed by atoms with Crippen LogP contribution in [-0.4, -0.2) is 9.97 Å². The second-order valence-corrected chi connectivity index (χ2v) is 6.61. The molecule has 1 heterocycles. The van der Waals surface area contributed by atoms with Crippen molar-refractivity contribution in [3.05, 3.63) is 53.2 Å². The molecule has 0 spiro atoms. The number of rotatable bonds is 3. The average Bonchev–Trinajstić information content (AvgIpc) is 2.38. The van der Waals surface area contributed by atoms with Crippen LogP contribution in [0, 0.1) is 6.92 Å². The molecule has 0 radical (unpaired) electrons. The van der Waals surface area contributed by atoms with Gasteiger partial charge in [-0.05, 0) is 42.2 Å². The standard InChI is InChI=1S/C17H21N3S/c1-11-5-10-14(15(18)21)16(19-11)20-13-8-6-12(7-9-13)17(2,3)4/h5-10H,1-4H3,(H2,18,21)(H,19,20). The van der Waals surface area contributed by atoms with Crippen LogP contribution in [0.25, 0.3) is 0 Å². The van der Waals surface area contributed by atoms with Gasteiger partial charge in [0.15, 0.2) is 0 Å². The molecule has 0 aliphatic rings. The smallest absolute Gasteiger partial charge is 0.140 e. The first kappa shape index (κ1) is 15.4. The molecule has 2 aromatic rings. The molecule has 1 aromatic heterocycles. The van der Waals surface area contributed by atoms with Crippen LogP contribution < -0.4 is 11.1 Å². The third-order valence-electron chi connectivity index (χ3n) is 3.31. The number of aryl methyl sites for hydroxylation is 1. The molecular weight excluding hydrogens is 278 g/mol. The van der Waals surface area contributed by atoms with E-state index in [4.69, 9.17) is 18.0 Å². The Kier molecular flexibility index (Phi) is 4.28. The highest BCUT2D eigenvalue weighted by Crippen LogP contribution is 2.25. The number of nitrogens with two attached hydrogens (primary N) is 1. The van der Waals surface area contributed by atoms with Gasteiger partial charge in [0.25, 0.3) is 0 Å². The van der Waals surface area contributed by atoms with Crippen LogP contribution in [0.1, 0.15) is 37.6 Å². The molecule has 4 heteroatoms. The van der Waals surface area contributed by atoms with Crippen molar-refractivity contribution >= 4 is 28.7 Å². The summed E-state index contributed by atoms with van der Waals surface area (Å²) in [5.41, 5.74) is 9.84. The summed E-state index contributed by atoms with van der Waals surface area (Å²) in [6.07, 6.45) is 0. The van der Waals surface area contributed by atoms with Gasteiger partial charge in [-0.25, -0.2) is 4.98 Å². The summed E-state index contributed by atoms with van der Waals surface area (Å²) in [5.74, 6) is 0.700. The zero-order chi connectivity index (χ0) is 15.6. The summed E-state index contributed by atoms with van der Waals surface area (Å²) in [6, 6.07) is 12.2. The number of hydrogen-bond acceptors (Lipinski definition) is 3. The van der Waals surface area contributed by atoms with Crippen molar-refractivity contribution in [3.63, 3.8) is 0 Å². The van der Waals surface area contributed by atoms with E-state index < -0.39 is 0 Å². The van der Waals surface area contributed by atoms with Crippen molar-refractivity contribution in [1.82, 2.24) is 4.98 Å². The van der Waals surface area contributed by atoms with Gasteiger partial charge in [-0.15, -0.1) is 0 Å². The molecule has 21 heavy (non-hydrogen) atoms. The fraction of sp³-hybridized carbons (Fsp3) is 0.294. The first-order chi connectivity index (χ1) is 9.77. The van der Waals surface area contributed by atoms with Crippen molar-refractivity contribution < 1.29 is 0 Å². The van der Waals surface area contributed by atoms with E-state index >= 15 is 0 Å². The van der Waals surface area contributed by atoms with Gasteiger partial charge in [-0.1, -0.05) is 45.1 Å². The summed E-state index contributed by atoms with van der Waals surface area (Å²) < 4.78 is 0. The Bertz CT molecular complexity index is 655. The lowest BCUT2D eigenvalue weighted by Crippen LogP contribution is -2.13. The zero-order valence-corrected chi connectivity index (χ0v) is 13.7. The van der Waals surface area contributed by atoms with E-state index in [-0.39, 0.29) is 5.41 Å². The van der Waals surface area contributed by atoms with E-state index in [2.05, 4.69) is 43.2 Å². The summed E-state index contributed by atoms with van der Waals surface area (Å²) >= 11 is 5.08. The maximum absolute atomic E-state index is 5.75. The zero-order valence-electron chi connectivity index (χ0n) is 12.9. The molecule has 0 fully saturated rings. The number of hydrogen-bond donors (Lipinski definition) is 2. The second-order valence-electron chi connectivity index (χ2n) is 6.17. The van der Waals surface area contributed by atoms with Gasteiger partial charge in [0.1, 0.15) is 10.8 Å². The number of nitrogens with one attached hydrogen (secondary N) is 1. The lowest BCUT2D eigenvalue weighted by molar-refractivity contribution is 0.590. The molecule has 0 aliphatic carbocycles. The molecule has 0 aliphatic heterocycles. The molecule has 110 valence electrons. The van der Waals surface area contributed by atoms with Crippen LogP contribution in [0.4, 0.5) is 11.5 Å². The number of aromatic nitrogens is 1.